The molecule has 1 aliphatic rings. The standard InChI is InChI=1S/C13H20N4O3/c1-3-13(11(18)19)5-4-6-17(13)12(20)14-7-10-8-15-16-9(10)2/h8H,3-7H2,1-2H3,(H,14,20)(H,15,16)(H,18,19). The van der Waals surface area contributed by atoms with Gasteiger partial charge in [-0.15, -0.1) is 0 Å². The molecule has 110 valence electrons. The van der Waals surface area contributed by atoms with Crippen molar-refractivity contribution in [1.29, 1.82) is 0 Å². The lowest BCUT2D eigenvalue weighted by atomic mass is 9.93. The predicted octanol–water partition coefficient (Wildman–Crippen LogP) is 1.26. The van der Waals surface area contributed by atoms with Crippen LogP contribution >= 0.6 is 0 Å². The Labute approximate surface area is 117 Å². The van der Waals surface area contributed by atoms with Crippen molar-refractivity contribution >= 4 is 12.0 Å². The van der Waals surface area contributed by atoms with Gasteiger partial charge in [-0.05, 0) is 26.2 Å². The number of likely N-dealkylation sites (tertiary alicyclic amines) is 1. The van der Waals surface area contributed by atoms with Gasteiger partial charge in [0.05, 0.1) is 6.20 Å². The number of hydrogen-bond acceptors (Lipinski definition) is 3. The predicted molar refractivity (Wildman–Crippen MR) is 72.2 cm³/mol. The van der Waals surface area contributed by atoms with Crippen LogP contribution in [0.3, 0.4) is 0 Å². The molecular formula is C13H20N4O3. The van der Waals surface area contributed by atoms with Crippen molar-refractivity contribution in [3.05, 3.63) is 17.5 Å². The van der Waals surface area contributed by atoms with E-state index in [1.54, 1.807) is 13.1 Å². The molecular weight excluding hydrogens is 260 g/mol. The molecule has 1 saturated heterocycles. The highest BCUT2D eigenvalue weighted by molar-refractivity contribution is 5.87. The molecule has 3 N–H and O–H groups in total. The van der Waals surface area contributed by atoms with Gasteiger partial charge in [0.1, 0.15) is 5.54 Å². The van der Waals surface area contributed by atoms with E-state index < -0.39 is 11.5 Å². The Morgan fingerprint density at radius 1 is 1.60 bits per heavy atom. The molecule has 20 heavy (non-hydrogen) atoms. The maximum absolute atomic E-state index is 12.3. The fourth-order valence-electron chi connectivity index (χ4n) is 2.74. The first-order valence-corrected chi connectivity index (χ1v) is 6.79. The van der Waals surface area contributed by atoms with Crippen LogP contribution in [-0.4, -0.2) is 44.3 Å². The molecule has 7 nitrogen and oxygen atoms in total. The Hall–Kier alpha value is -2.05. The fraction of sp³-hybridized carbons (Fsp3) is 0.615. The van der Waals surface area contributed by atoms with Crippen molar-refractivity contribution in [3.63, 3.8) is 0 Å². The summed E-state index contributed by atoms with van der Waals surface area (Å²) in [7, 11) is 0. The first-order valence-electron chi connectivity index (χ1n) is 6.79. The van der Waals surface area contributed by atoms with Gasteiger partial charge < -0.3 is 15.3 Å². The third-order valence-corrected chi connectivity index (χ3v) is 4.08. The van der Waals surface area contributed by atoms with Crippen LogP contribution in [0.2, 0.25) is 0 Å². The Kier molecular flexibility index (Phi) is 3.96. The summed E-state index contributed by atoms with van der Waals surface area (Å²) < 4.78 is 0. The average molecular weight is 280 g/mol. The van der Waals surface area contributed by atoms with E-state index in [9.17, 15) is 14.7 Å². The zero-order chi connectivity index (χ0) is 14.8. The van der Waals surface area contributed by atoms with Gasteiger partial charge in [0.2, 0.25) is 0 Å². The largest absolute Gasteiger partial charge is 0.479 e. The van der Waals surface area contributed by atoms with Crippen LogP contribution in [0, 0.1) is 6.92 Å². The number of aromatic nitrogens is 2. The summed E-state index contributed by atoms with van der Waals surface area (Å²) in [5.74, 6) is -0.924. The zero-order valence-electron chi connectivity index (χ0n) is 11.8. The van der Waals surface area contributed by atoms with E-state index in [0.717, 1.165) is 17.7 Å². The van der Waals surface area contributed by atoms with Gasteiger partial charge >= 0.3 is 12.0 Å². The molecule has 1 aromatic heterocycles. The number of carboxylic acid groups (broad SMARTS) is 1. The molecule has 0 radical (unpaired) electrons. The number of nitrogens with one attached hydrogen (secondary N) is 2. The molecule has 0 aliphatic carbocycles. The highest BCUT2D eigenvalue weighted by atomic mass is 16.4. The van der Waals surface area contributed by atoms with Crippen LogP contribution in [0.4, 0.5) is 4.79 Å². The topological polar surface area (TPSA) is 98.3 Å². The number of amides is 2. The van der Waals surface area contributed by atoms with Gasteiger partial charge in [-0.3, -0.25) is 5.10 Å². The maximum Gasteiger partial charge on any atom is 0.329 e. The molecule has 1 aliphatic heterocycles. The minimum Gasteiger partial charge on any atom is -0.479 e. The number of hydrogen-bond donors (Lipinski definition) is 3. The molecule has 1 atom stereocenters. The lowest BCUT2D eigenvalue weighted by molar-refractivity contribution is -0.148. The summed E-state index contributed by atoms with van der Waals surface area (Å²) in [6, 6.07) is -0.327. The number of carbonyl (C=O) groups is 2. The SMILES string of the molecule is CCC1(C(=O)O)CCCN1C(=O)NCc1cn[nH]c1C. The lowest BCUT2D eigenvalue weighted by Gasteiger charge is -2.33. The zero-order valence-corrected chi connectivity index (χ0v) is 11.8. The second-order valence-electron chi connectivity index (χ2n) is 5.12. The van der Waals surface area contributed by atoms with E-state index in [1.165, 1.54) is 4.90 Å². The molecule has 0 bridgehead atoms. The number of nitrogens with zero attached hydrogens (tertiary/aromatic N) is 2. The molecule has 0 aromatic carbocycles. The first-order chi connectivity index (χ1) is 9.51. The number of aromatic amines is 1. The number of rotatable bonds is 4. The quantitative estimate of drug-likeness (QED) is 0.773. The minimum absolute atomic E-state index is 0.327. The number of carboxylic acids is 1. The molecule has 0 spiro atoms. The van der Waals surface area contributed by atoms with E-state index in [-0.39, 0.29) is 6.03 Å². The van der Waals surface area contributed by atoms with Crippen LogP contribution in [0.5, 0.6) is 0 Å². The normalized spacial score (nSPS) is 22.0. The van der Waals surface area contributed by atoms with Crippen LogP contribution in [0.25, 0.3) is 0 Å². The van der Waals surface area contributed by atoms with E-state index >= 15 is 0 Å². The van der Waals surface area contributed by atoms with Gasteiger partial charge in [0.15, 0.2) is 0 Å². The first kappa shape index (κ1) is 14.4. The molecule has 2 amide bonds. The minimum atomic E-state index is -1.06. The second-order valence-corrected chi connectivity index (χ2v) is 5.12. The Morgan fingerprint density at radius 2 is 2.35 bits per heavy atom. The Balaban J connectivity index is 2.05. The summed E-state index contributed by atoms with van der Waals surface area (Å²) >= 11 is 0. The molecule has 2 rings (SSSR count). The van der Waals surface area contributed by atoms with Gasteiger partial charge in [-0.2, -0.15) is 5.10 Å². The highest BCUT2D eigenvalue weighted by Gasteiger charge is 2.48. The van der Waals surface area contributed by atoms with Gasteiger partial charge in [-0.25, -0.2) is 9.59 Å². The van der Waals surface area contributed by atoms with Gasteiger partial charge in [0.25, 0.3) is 0 Å². The Morgan fingerprint density at radius 3 is 2.90 bits per heavy atom. The number of carbonyl (C=O) groups excluding carboxylic acids is 1. The third kappa shape index (κ3) is 2.35. The summed E-state index contributed by atoms with van der Waals surface area (Å²) in [4.78, 5) is 25.2. The van der Waals surface area contributed by atoms with Crippen LogP contribution in [0.15, 0.2) is 6.20 Å². The molecule has 1 unspecified atom stereocenters. The lowest BCUT2D eigenvalue weighted by Crippen LogP contribution is -2.55. The summed E-state index contributed by atoms with van der Waals surface area (Å²) in [6.07, 6.45) is 3.31. The average Bonchev–Trinajstić information content (AvgIpc) is 3.02. The van der Waals surface area contributed by atoms with Crippen LogP contribution in [-0.2, 0) is 11.3 Å². The number of aryl methyl sites for hydroxylation is 1. The maximum atomic E-state index is 12.3. The molecule has 1 aromatic rings. The Bertz CT molecular complexity index is 513. The van der Waals surface area contributed by atoms with Crippen molar-refractivity contribution < 1.29 is 14.7 Å². The van der Waals surface area contributed by atoms with Crippen molar-refractivity contribution in [2.75, 3.05) is 6.54 Å². The van der Waals surface area contributed by atoms with E-state index in [0.29, 0.717) is 25.9 Å². The van der Waals surface area contributed by atoms with E-state index in [4.69, 9.17) is 0 Å². The third-order valence-electron chi connectivity index (χ3n) is 4.08. The van der Waals surface area contributed by atoms with Crippen LogP contribution < -0.4 is 5.32 Å². The second kappa shape index (κ2) is 5.52. The summed E-state index contributed by atoms with van der Waals surface area (Å²) in [6.45, 7) is 4.51. The smallest absolute Gasteiger partial charge is 0.329 e. The van der Waals surface area contributed by atoms with Crippen molar-refractivity contribution in [3.8, 4) is 0 Å². The van der Waals surface area contributed by atoms with E-state index in [2.05, 4.69) is 15.5 Å². The molecule has 0 saturated carbocycles. The number of urea groups is 1. The van der Waals surface area contributed by atoms with Crippen molar-refractivity contribution in [2.24, 2.45) is 0 Å². The summed E-state index contributed by atoms with van der Waals surface area (Å²) in [5.41, 5.74) is 0.733. The van der Waals surface area contributed by atoms with Gasteiger partial charge in [0, 0.05) is 24.3 Å². The molecule has 7 heteroatoms. The van der Waals surface area contributed by atoms with Crippen molar-refractivity contribution in [2.45, 2.75) is 45.2 Å². The van der Waals surface area contributed by atoms with Crippen molar-refractivity contribution in [1.82, 2.24) is 20.4 Å². The highest BCUT2D eigenvalue weighted by Crippen LogP contribution is 2.32. The molecule has 2 heterocycles. The number of H-pyrrole nitrogens is 1. The fourth-order valence-corrected chi connectivity index (χ4v) is 2.74. The van der Waals surface area contributed by atoms with Crippen LogP contribution in [0.1, 0.15) is 37.4 Å². The molecule has 1 fully saturated rings. The monoisotopic (exact) mass is 280 g/mol. The van der Waals surface area contributed by atoms with E-state index in [1.807, 2.05) is 6.92 Å². The number of aliphatic carboxylic acids is 1. The van der Waals surface area contributed by atoms with Gasteiger partial charge in [-0.1, -0.05) is 6.92 Å². The summed E-state index contributed by atoms with van der Waals surface area (Å²) in [5, 5.41) is 18.9.